The van der Waals surface area contributed by atoms with Crippen LogP contribution in [0.1, 0.15) is 37.1 Å². The van der Waals surface area contributed by atoms with Crippen molar-refractivity contribution in [1.82, 2.24) is 9.63 Å². The SMILES string of the molecule is CCC[C@H]1[C@H]2Cn3cccc3[C@@H]1N(Cc1ccccc1)O2. The number of rotatable bonds is 4. The number of aromatic nitrogens is 1. The van der Waals surface area contributed by atoms with Crippen LogP contribution in [0.4, 0.5) is 0 Å². The first-order valence-corrected chi connectivity index (χ1v) is 7.99. The molecule has 2 aliphatic heterocycles. The fraction of sp³-hybridized carbons (Fsp3) is 0.444. The molecule has 0 spiro atoms. The Morgan fingerprint density at radius 2 is 2.00 bits per heavy atom. The number of benzene rings is 1. The lowest BCUT2D eigenvalue weighted by Gasteiger charge is -2.30. The first kappa shape index (κ1) is 13.1. The molecule has 1 fully saturated rings. The summed E-state index contributed by atoms with van der Waals surface area (Å²) in [5.74, 6) is 0.626. The zero-order valence-corrected chi connectivity index (χ0v) is 12.5. The molecule has 110 valence electrons. The van der Waals surface area contributed by atoms with Crippen LogP contribution in [0, 0.1) is 5.92 Å². The maximum atomic E-state index is 6.31. The van der Waals surface area contributed by atoms with Crippen LogP contribution in [0.3, 0.4) is 0 Å². The van der Waals surface area contributed by atoms with Crippen molar-refractivity contribution in [2.24, 2.45) is 5.92 Å². The van der Waals surface area contributed by atoms with E-state index in [1.54, 1.807) is 0 Å². The summed E-state index contributed by atoms with van der Waals surface area (Å²) in [5, 5.41) is 2.22. The Kier molecular flexibility index (Phi) is 3.32. The first-order chi connectivity index (χ1) is 10.4. The van der Waals surface area contributed by atoms with Crippen molar-refractivity contribution in [3.63, 3.8) is 0 Å². The van der Waals surface area contributed by atoms with Gasteiger partial charge >= 0.3 is 0 Å². The summed E-state index contributed by atoms with van der Waals surface area (Å²) in [6, 6.07) is 15.5. The maximum Gasteiger partial charge on any atom is 0.102 e. The quantitative estimate of drug-likeness (QED) is 0.849. The number of fused-ring (bicyclic) bond motifs is 4. The van der Waals surface area contributed by atoms with E-state index in [4.69, 9.17) is 4.84 Å². The van der Waals surface area contributed by atoms with Crippen LogP contribution >= 0.6 is 0 Å². The molecule has 0 radical (unpaired) electrons. The van der Waals surface area contributed by atoms with E-state index in [-0.39, 0.29) is 0 Å². The molecular weight excluding hydrogens is 260 g/mol. The summed E-state index contributed by atoms with van der Waals surface area (Å²) in [6.45, 7) is 4.14. The van der Waals surface area contributed by atoms with Gasteiger partial charge in [-0.1, -0.05) is 43.7 Å². The van der Waals surface area contributed by atoms with Crippen LogP contribution in [0.2, 0.25) is 0 Å². The van der Waals surface area contributed by atoms with E-state index in [2.05, 4.69) is 65.2 Å². The minimum Gasteiger partial charge on any atom is -0.347 e. The Bertz CT molecular complexity index is 607. The van der Waals surface area contributed by atoms with Crippen molar-refractivity contribution in [3.05, 3.63) is 59.9 Å². The molecule has 0 unspecified atom stereocenters. The van der Waals surface area contributed by atoms with Crippen molar-refractivity contribution >= 4 is 0 Å². The molecule has 2 bridgehead atoms. The minimum absolute atomic E-state index is 0.332. The highest BCUT2D eigenvalue weighted by Crippen LogP contribution is 2.46. The average Bonchev–Trinajstić information content (AvgIpc) is 3.04. The summed E-state index contributed by atoms with van der Waals surface area (Å²) < 4.78 is 2.37. The second kappa shape index (κ2) is 5.32. The molecule has 4 rings (SSSR count). The van der Waals surface area contributed by atoms with Crippen molar-refractivity contribution in [2.45, 2.75) is 45.0 Å². The Hall–Kier alpha value is -1.58. The Morgan fingerprint density at radius 1 is 1.14 bits per heavy atom. The molecule has 3 atom stereocenters. The van der Waals surface area contributed by atoms with Gasteiger partial charge in [0.1, 0.15) is 6.10 Å². The van der Waals surface area contributed by atoms with Crippen LogP contribution in [-0.4, -0.2) is 15.7 Å². The lowest BCUT2D eigenvalue weighted by atomic mass is 9.86. The highest BCUT2D eigenvalue weighted by molar-refractivity contribution is 5.20. The Balaban J connectivity index is 1.64. The molecule has 0 aliphatic carbocycles. The summed E-state index contributed by atoms with van der Waals surface area (Å²) in [4.78, 5) is 6.31. The molecular formula is C18H22N2O. The van der Waals surface area contributed by atoms with E-state index in [0.29, 0.717) is 18.1 Å². The van der Waals surface area contributed by atoms with E-state index in [9.17, 15) is 0 Å². The van der Waals surface area contributed by atoms with E-state index < -0.39 is 0 Å². The predicted octanol–water partition coefficient (Wildman–Crippen LogP) is 3.78. The van der Waals surface area contributed by atoms with Crippen LogP contribution in [-0.2, 0) is 17.9 Å². The number of hydroxylamine groups is 2. The zero-order valence-electron chi connectivity index (χ0n) is 12.5. The molecule has 2 aliphatic rings. The third-order valence-corrected chi connectivity index (χ3v) is 4.81. The van der Waals surface area contributed by atoms with Gasteiger partial charge < -0.3 is 4.57 Å². The number of hydrogen-bond acceptors (Lipinski definition) is 2. The molecule has 2 aromatic rings. The van der Waals surface area contributed by atoms with Crippen molar-refractivity contribution in [3.8, 4) is 0 Å². The zero-order chi connectivity index (χ0) is 14.2. The topological polar surface area (TPSA) is 17.4 Å². The maximum absolute atomic E-state index is 6.31. The van der Waals surface area contributed by atoms with Gasteiger partial charge in [0.15, 0.2) is 0 Å². The van der Waals surface area contributed by atoms with Crippen LogP contribution in [0.5, 0.6) is 0 Å². The Labute approximate surface area is 126 Å². The van der Waals surface area contributed by atoms with Crippen molar-refractivity contribution in [2.75, 3.05) is 0 Å². The van der Waals surface area contributed by atoms with E-state index >= 15 is 0 Å². The van der Waals surface area contributed by atoms with E-state index in [1.165, 1.54) is 24.1 Å². The van der Waals surface area contributed by atoms with E-state index in [0.717, 1.165) is 13.1 Å². The molecule has 1 aromatic heterocycles. The van der Waals surface area contributed by atoms with Crippen molar-refractivity contribution in [1.29, 1.82) is 0 Å². The molecule has 0 saturated carbocycles. The van der Waals surface area contributed by atoms with Gasteiger partial charge in [-0.25, -0.2) is 0 Å². The third kappa shape index (κ3) is 2.21. The van der Waals surface area contributed by atoms with Crippen LogP contribution in [0.15, 0.2) is 48.7 Å². The Morgan fingerprint density at radius 3 is 2.81 bits per heavy atom. The summed E-state index contributed by atoms with van der Waals surface area (Å²) in [7, 11) is 0. The van der Waals surface area contributed by atoms with Gasteiger partial charge in [0, 0.05) is 24.4 Å². The molecule has 3 heterocycles. The molecule has 3 nitrogen and oxygen atoms in total. The normalized spacial score (nSPS) is 27.8. The second-order valence-electron chi connectivity index (χ2n) is 6.19. The van der Waals surface area contributed by atoms with E-state index in [1.807, 2.05) is 0 Å². The smallest absolute Gasteiger partial charge is 0.102 e. The highest BCUT2D eigenvalue weighted by atomic mass is 16.7. The predicted molar refractivity (Wildman–Crippen MR) is 82.4 cm³/mol. The second-order valence-corrected chi connectivity index (χ2v) is 6.19. The third-order valence-electron chi connectivity index (χ3n) is 4.81. The lowest BCUT2D eigenvalue weighted by molar-refractivity contribution is -0.167. The van der Waals surface area contributed by atoms with Gasteiger partial charge in [0.2, 0.25) is 0 Å². The number of hydrogen-bond donors (Lipinski definition) is 0. The van der Waals surface area contributed by atoms with Gasteiger partial charge in [-0.05, 0) is 24.1 Å². The molecule has 21 heavy (non-hydrogen) atoms. The monoisotopic (exact) mass is 282 g/mol. The van der Waals surface area contributed by atoms with Gasteiger partial charge in [-0.15, -0.1) is 0 Å². The standard InChI is InChI=1S/C18H22N2O/c1-2-7-15-17-13-19-11-6-10-16(19)18(15)20(21-17)12-14-8-4-3-5-9-14/h3-6,8-11,15,17-18H,2,7,12-13H2,1H3/t15-,17+,18+/m0/s1. The summed E-state index contributed by atoms with van der Waals surface area (Å²) in [6.07, 6.45) is 4.98. The van der Waals surface area contributed by atoms with Crippen LogP contribution in [0.25, 0.3) is 0 Å². The molecule has 0 N–H and O–H groups in total. The molecule has 1 saturated heterocycles. The largest absolute Gasteiger partial charge is 0.347 e. The van der Waals surface area contributed by atoms with Gasteiger partial charge in [-0.3, -0.25) is 4.84 Å². The van der Waals surface area contributed by atoms with Crippen molar-refractivity contribution < 1.29 is 4.84 Å². The first-order valence-electron chi connectivity index (χ1n) is 7.99. The fourth-order valence-electron chi connectivity index (χ4n) is 3.90. The fourth-order valence-corrected chi connectivity index (χ4v) is 3.90. The summed E-state index contributed by atoms with van der Waals surface area (Å²) in [5.41, 5.74) is 2.73. The van der Waals surface area contributed by atoms with Gasteiger partial charge in [0.05, 0.1) is 12.6 Å². The molecule has 0 amide bonds. The highest BCUT2D eigenvalue weighted by Gasteiger charge is 2.47. The lowest BCUT2D eigenvalue weighted by Crippen LogP contribution is -2.32. The average molecular weight is 282 g/mol. The van der Waals surface area contributed by atoms with Crippen LogP contribution < -0.4 is 0 Å². The molecule has 1 aromatic carbocycles. The summed E-state index contributed by atoms with van der Waals surface area (Å²) >= 11 is 0. The van der Waals surface area contributed by atoms with Gasteiger partial charge in [0.25, 0.3) is 0 Å². The minimum atomic E-state index is 0.332. The number of nitrogens with zero attached hydrogens (tertiary/aromatic N) is 2. The van der Waals surface area contributed by atoms with Gasteiger partial charge in [-0.2, -0.15) is 5.06 Å². The molecule has 3 heteroatoms.